The maximum atomic E-state index is 12.2. The highest BCUT2D eigenvalue weighted by atomic mass is 79.9. The fourth-order valence-electron chi connectivity index (χ4n) is 2.23. The van der Waals surface area contributed by atoms with Gasteiger partial charge in [-0.15, -0.1) is 11.3 Å². The topological polar surface area (TPSA) is 72.2 Å². The van der Waals surface area contributed by atoms with Gasteiger partial charge in [-0.3, -0.25) is 9.78 Å². The first-order valence-corrected chi connectivity index (χ1v) is 8.42. The van der Waals surface area contributed by atoms with Crippen LogP contribution in [0, 0.1) is 0 Å². The average molecular weight is 388 g/mol. The number of halogens is 1. The molecule has 0 saturated heterocycles. The maximum Gasteiger partial charge on any atom is 0.280 e. The lowest BCUT2D eigenvalue weighted by atomic mass is 10.4. The normalized spacial score (nSPS) is 11.2. The van der Waals surface area contributed by atoms with E-state index in [1.165, 1.54) is 11.3 Å². The zero-order chi connectivity index (χ0) is 15.8. The van der Waals surface area contributed by atoms with Gasteiger partial charge in [-0.05, 0) is 34.1 Å². The van der Waals surface area contributed by atoms with Gasteiger partial charge < -0.3 is 9.72 Å². The smallest absolute Gasteiger partial charge is 0.280 e. The minimum absolute atomic E-state index is 0.204. The number of carbonyl (C=O) groups is 1. The molecule has 114 valence electrons. The lowest BCUT2D eigenvalue weighted by molar-refractivity contribution is 0.0950. The lowest BCUT2D eigenvalue weighted by Crippen LogP contribution is -2.22. The number of rotatable bonds is 3. The minimum atomic E-state index is -0.204. The van der Waals surface area contributed by atoms with Gasteiger partial charge in [0.15, 0.2) is 5.01 Å². The number of hydrogen-bond acceptors (Lipinski definition) is 5. The Kier molecular flexibility index (Phi) is 3.55. The van der Waals surface area contributed by atoms with Gasteiger partial charge in [0.05, 0.1) is 23.1 Å². The largest absolute Gasteiger partial charge is 0.344 e. The molecule has 4 aromatic rings. The molecule has 0 saturated carbocycles. The van der Waals surface area contributed by atoms with E-state index >= 15 is 0 Å². The minimum Gasteiger partial charge on any atom is -0.344 e. The fourth-order valence-corrected chi connectivity index (χ4v) is 3.43. The van der Waals surface area contributed by atoms with Crippen molar-refractivity contribution in [3.8, 4) is 0 Å². The van der Waals surface area contributed by atoms with Gasteiger partial charge in [-0.25, -0.2) is 9.97 Å². The highest BCUT2D eigenvalue weighted by Gasteiger charge is 2.12. The Morgan fingerprint density at radius 2 is 2.17 bits per heavy atom. The Morgan fingerprint density at radius 3 is 3.04 bits per heavy atom. The molecule has 0 unspecified atom stereocenters. The highest BCUT2D eigenvalue weighted by molar-refractivity contribution is 9.10. The summed E-state index contributed by atoms with van der Waals surface area (Å²) in [6.45, 7) is 0.353. The zero-order valence-corrected chi connectivity index (χ0v) is 14.1. The summed E-state index contributed by atoms with van der Waals surface area (Å²) in [5, 5.41) is 3.28. The Bertz CT molecular complexity index is 992. The molecule has 6 nitrogen and oxygen atoms in total. The number of pyridine rings is 2. The third-order valence-electron chi connectivity index (χ3n) is 3.28. The Hall–Kier alpha value is -2.32. The van der Waals surface area contributed by atoms with Gasteiger partial charge >= 0.3 is 0 Å². The molecule has 0 fully saturated rings. The summed E-state index contributed by atoms with van der Waals surface area (Å²) < 4.78 is 3.83. The Morgan fingerprint density at radius 1 is 1.26 bits per heavy atom. The number of aromatic nitrogens is 4. The SMILES string of the molecule is O=C(NCc1cn2cc(Br)ccc2n1)c1nc2cnccc2s1. The van der Waals surface area contributed by atoms with Gasteiger partial charge in [-0.1, -0.05) is 0 Å². The van der Waals surface area contributed by atoms with E-state index in [9.17, 15) is 4.79 Å². The molecule has 4 rings (SSSR count). The van der Waals surface area contributed by atoms with Crippen molar-refractivity contribution in [1.82, 2.24) is 24.7 Å². The molecule has 0 aliphatic rings. The van der Waals surface area contributed by atoms with Crippen molar-refractivity contribution >= 4 is 49.0 Å². The van der Waals surface area contributed by atoms with Crippen LogP contribution in [0.2, 0.25) is 0 Å². The first kappa shape index (κ1) is 14.3. The number of hydrogen-bond donors (Lipinski definition) is 1. The van der Waals surface area contributed by atoms with Gasteiger partial charge in [0, 0.05) is 23.1 Å². The molecule has 0 aliphatic heterocycles. The number of imidazole rings is 1. The monoisotopic (exact) mass is 387 g/mol. The number of nitrogens with zero attached hydrogens (tertiary/aromatic N) is 4. The van der Waals surface area contributed by atoms with E-state index in [0.29, 0.717) is 11.6 Å². The lowest BCUT2D eigenvalue weighted by Gasteiger charge is -1.98. The number of fused-ring (bicyclic) bond motifs is 2. The van der Waals surface area contributed by atoms with E-state index in [1.807, 2.05) is 35.0 Å². The first-order chi connectivity index (χ1) is 11.2. The second kappa shape index (κ2) is 5.71. The third kappa shape index (κ3) is 2.82. The molecule has 0 aliphatic carbocycles. The quantitative estimate of drug-likeness (QED) is 0.586. The van der Waals surface area contributed by atoms with Crippen molar-refractivity contribution in [3.63, 3.8) is 0 Å². The molecular weight excluding hydrogens is 378 g/mol. The molecule has 4 aromatic heterocycles. The van der Waals surface area contributed by atoms with Crippen molar-refractivity contribution in [2.75, 3.05) is 0 Å². The molecule has 0 atom stereocenters. The highest BCUT2D eigenvalue weighted by Crippen LogP contribution is 2.20. The second-order valence-corrected chi connectivity index (χ2v) is 6.84. The fraction of sp³-hybridized carbons (Fsp3) is 0.0667. The van der Waals surface area contributed by atoms with Gasteiger partial charge in [0.1, 0.15) is 11.2 Å². The summed E-state index contributed by atoms with van der Waals surface area (Å²) in [5.41, 5.74) is 2.36. The average Bonchev–Trinajstić information content (AvgIpc) is 3.15. The van der Waals surface area contributed by atoms with Crippen LogP contribution in [0.25, 0.3) is 15.9 Å². The van der Waals surface area contributed by atoms with E-state index in [0.717, 1.165) is 26.0 Å². The van der Waals surface area contributed by atoms with Crippen LogP contribution in [0.3, 0.4) is 0 Å². The number of thiazole rings is 1. The third-order valence-corrected chi connectivity index (χ3v) is 4.78. The van der Waals surface area contributed by atoms with Crippen LogP contribution in [-0.4, -0.2) is 25.3 Å². The van der Waals surface area contributed by atoms with Crippen LogP contribution in [-0.2, 0) is 6.54 Å². The molecule has 0 bridgehead atoms. The molecule has 0 spiro atoms. The Labute approximate surface area is 143 Å². The summed E-state index contributed by atoms with van der Waals surface area (Å²) in [7, 11) is 0. The molecule has 1 amide bonds. The van der Waals surface area contributed by atoms with E-state index in [4.69, 9.17) is 0 Å². The first-order valence-electron chi connectivity index (χ1n) is 6.81. The Balaban J connectivity index is 1.51. The van der Waals surface area contributed by atoms with Crippen LogP contribution < -0.4 is 5.32 Å². The molecule has 4 heterocycles. The predicted molar refractivity (Wildman–Crippen MR) is 91.5 cm³/mol. The zero-order valence-electron chi connectivity index (χ0n) is 11.7. The van der Waals surface area contributed by atoms with E-state index in [-0.39, 0.29) is 5.91 Å². The van der Waals surface area contributed by atoms with Crippen LogP contribution in [0.15, 0.2) is 47.5 Å². The molecule has 0 aromatic carbocycles. The van der Waals surface area contributed by atoms with Crippen LogP contribution in [0.5, 0.6) is 0 Å². The molecule has 0 radical (unpaired) electrons. The van der Waals surface area contributed by atoms with Crippen LogP contribution in [0.4, 0.5) is 0 Å². The number of carbonyl (C=O) groups excluding carboxylic acids is 1. The van der Waals surface area contributed by atoms with Gasteiger partial charge in [-0.2, -0.15) is 0 Å². The van der Waals surface area contributed by atoms with Crippen molar-refractivity contribution in [1.29, 1.82) is 0 Å². The maximum absolute atomic E-state index is 12.2. The van der Waals surface area contributed by atoms with Crippen molar-refractivity contribution < 1.29 is 4.79 Å². The van der Waals surface area contributed by atoms with Gasteiger partial charge in [0.25, 0.3) is 5.91 Å². The summed E-state index contributed by atoms with van der Waals surface area (Å²) in [6.07, 6.45) is 7.16. The summed E-state index contributed by atoms with van der Waals surface area (Å²) >= 11 is 4.77. The number of nitrogens with one attached hydrogen (secondary N) is 1. The van der Waals surface area contributed by atoms with Crippen molar-refractivity contribution in [2.45, 2.75) is 6.54 Å². The van der Waals surface area contributed by atoms with E-state index < -0.39 is 0 Å². The van der Waals surface area contributed by atoms with Gasteiger partial charge in [0.2, 0.25) is 0 Å². The predicted octanol–water partition coefficient (Wildman–Crippen LogP) is 3.03. The summed E-state index contributed by atoms with van der Waals surface area (Å²) in [6, 6.07) is 5.69. The van der Waals surface area contributed by atoms with E-state index in [2.05, 4.69) is 36.2 Å². The van der Waals surface area contributed by atoms with E-state index in [1.54, 1.807) is 12.4 Å². The number of amides is 1. The molecule has 8 heteroatoms. The molecular formula is C15H10BrN5OS. The molecule has 23 heavy (non-hydrogen) atoms. The molecule has 1 N–H and O–H groups in total. The van der Waals surface area contributed by atoms with Crippen molar-refractivity contribution in [2.24, 2.45) is 0 Å². The summed E-state index contributed by atoms with van der Waals surface area (Å²) in [4.78, 5) is 25.0. The second-order valence-electron chi connectivity index (χ2n) is 4.89. The summed E-state index contributed by atoms with van der Waals surface area (Å²) in [5.74, 6) is -0.204. The van der Waals surface area contributed by atoms with Crippen LogP contribution in [0.1, 0.15) is 15.5 Å². The van der Waals surface area contributed by atoms with Crippen molar-refractivity contribution in [3.05, 3.63) is 58.2 Å². The van der Waals surface area contributed by atoms with Crippen LogP contribution >= 0.6 is 27.3 Å². The standard InChI is InChI=1S/C15H10BrN5OS/c16-9-1-2-13-19-10(8-21(13)7-9)5-18-14(22)15-20-11-6-17-4-3-12(11)23-15/h1-4,6-8H,5H2,(H,18,22).